The van der Waals surface area contributed by atoms with E-state index in [-0.39, 0.29) is 32.6 Å². The SMILES string of the molecule is CC/C=C\C/C=C\C/C=C\C/C=C\C/C=C\CCCCCCCCCCCCCCCCCCCCCCCC(=O)OC(COC(=O)CCCCCC/C=C\C/C=C\C/C=C\C/C=C\CC)COP(=O)(O)OCCN. The molecule has 9 nitrogen and oxygen atoms in total. The molecule has 0 bridgehead atoms. The summed E-state index contributed by atoms with van der Waals surface area (Å²) in [7, 11) is -4.40. The summed E-state index contributed by atoms with van der Waals surface area (Å²) >= 11 is 0. The molecule has 2 unspecified atom stereocenters. The highest BCUT2D eigenvalue weighted by Gasteiger charge is 2.26. The fraction of sp³-hybridized carbons (Fsp3) is 0.692. The van der Waals surface area contributed by atoms with Crippen LogP contribution in [0.1, 0.15) is 258 Å². The van der Waals surface area contributed by atoms with Crippen molar-refractivity contribution < 1.29 is 37.6 Å². The molecule has 0 saturated heterocycles. The zero-order chi connectivity index (χ0) is 54.5. The number of nitrogens with two attached hydrogens (primary N) is 1. The van der Waals surface area contributed by atoms with Gasteiger partial charge in [-0.05, 0) is 96.3 Å². The third-order valence-electron chi connectivity index (χ3n) is 12.7. The van der Waals surface area contributed by atoms with E-state index in [0.717, 1.165) is 103 Å². The van der Waals surface area contributed by atoms with Gasteiger partial charge in [0.15, 0.2) is 6.10 Å². The highest BCUT2D eigenvalue weighted by atomic mass is 31.2. The molecule has 75 heavy (non-hydrogen) atoms. The van der Waals surface area contributed by atoms with Gasteiger partial charge in [0.1, 0.15) is 6.61 Å². The number of phosphoric ester groups is 1. The Kier molecular flexibility index (Phi) is 57.2. The minimum Gasteiger partial charge on any atom is -0.462 e. The molecule has 10 heteroatoms. The summed E-state index contributed by atoms with van der Waals surface area (Å²) in [6, 6.07) is 0. The Morgan fingerprint density at radius 1 is 0.400 bits per heavy atom. The van der Waals surface area contributed by atoms with Crippen LogP contribution in [0, 0.1) is 0 Å². The first kappa shape index (κ1) is 71.7. The van der Waals surface area contributed by atoms with E-state index in [1.165, 1.54) is 116 Å². The lowest BCUT2D eigenvalue weighted by molar-refractivity contribution is -0.161. The van der Waals surface area contributed by atoms with Gasteiger partial charge in [0.2, 0.25) is 0 Å². The number of allylic oxidation sites excluding steroid dienone is 18. The number of carbonyl (C=O) groups excluding carboxylic acids is 2. The summed E-state index contributed by atoms with van der Waals surface area (Å²) in [5, 5.41) is 0. The zero-order valence-corrected chi connectivity index (χ0v) is 48.9. The maximum absolute atomic E-state index is 12.7. The van der Waals surface area contributed by atoms with Gasteiger partial charge in [-0.3, -0.25) is 18.6 Å². The first-order valence-electron chi connectivity index (χ1n) is 30.4. The average molecular weight is 1070 g/mol. The molecule has 0 heterocycles. The van der Waals surface area contributed by atoms with Crippen LogP contribution in [0.4, 0.5) is 0 Å². The molecule has 0 aromatic carbocycles. The van der Waals surface area contributed by atoms with Crippen LogP contribution in [-0.4, -0.2) is 49.3 Å². The Balaban J connectivity index is 3.87. The van der Waals surface area contributed by atoms with Gasteiger partial charge in [-0.1, -0.05) is 258 Å². The molecule has 3 N–H and O–H groups in total. The molecule has 0 radical (unpaired) electrons. The van der Waals surface area contributed by atoms with Crippen molar-refractivity contribution in [1.82, 2.24) is 0 Å². The van der Waals surface area contributed by atoms with Crippen molar-refractivity contribution in [3.63, 3.8) is 0 Å². The van der Waals surface area contributed by atoms with Gasteiger partial charge in [0.05, 0.1) is 13.2 Å². The summed E-state index contributed by atoms with van der Waals surface area (Å²) in [6.07, 6.45) is 81.7. The third-order valence-corrected chi connectivity index (χ3v) is 13.6. The quantitative estimate of drug-likeness (QED) is 0.0264. The summed E-state index contributed by atoms with van der Waals surface area (Å²) in [6.45, 7) is 3.49. The van der Waals surface area contributed by atoms with Crippen LogP contribution in [0.25, 0.3) is 0 Å². The smallest absolute Gasteiger partial charge is 0.462 e. The van der Waals surface area contributed by atoms with E-state index in [9.17, 15) is 19.0 Å². The molecule has 0 aliphatic carbocycles. The standard InChI is InChI=1S/C65H112NO8P/c1-3-5-7-9-11-13-15-17-19-21-22-23-24-25-26-27-28-29-30-31-32-33-34-35-36-37-38-39-40-42-44-46-48-50-52-54-56-58-65(68)74-63(62-73-75(69,70)72-60-59-66)61-71-64(67)57-55-53-51-49-47-45-43-41-20-18-16-14-12-10-8-6-4-2/h5-8,11-14,17-20,22-23,25-26,43,45,63H,3-4,9-10,15-16,21,24,27-42,44,46-62,66H2,1-2H3,(H,69,70)/b7-5-,8-6-,13-11-,14-12-,19-17-,20-18-,23-22-,26-25-,45-43-. The number of esters is 2. The van der Waals surface area contributed by atoms with Crippen molar-refractivity contribution >= 4 is 19.8 Å². The van der Waals surface area contributed by atoms with Gasteiger partial charge < -0.3 is 20.1 Å². The minimum atomic E-state index is -4.40. The average Bonchev–Trinajstić information content (AvgIpc) is 3.40. The van der Waals surface area contributed by atoms with E-state index < -0.39 is 32.5 Å². The molecule has 0 spiro atoms. The van der Waals surface area contributed by atoms with Crippen LogP contribution in [0.5, 0.6) is 0 Å². The Hall–Kier alpha value is -3.33. The van der Waals surface area contributed by atoms with Crippen molar-refractivity contribution in [3.8, 4) is 0 Å². The number of phosphoric acid groups is 1. The molecule has 430 valence electrons. The van der Waals surface area contributed by atoms with Crippen LogP contribution >= 0.6 is 7.82 Å². The predicted octanol–water partition coefficient (Wildman–Crippen LogP) is 19.4. The third kappa shape index (κ3) is 59.8. The second kappa shape index (κ2) is 59.9. The van der Waals surface area contributed by atoms with E-state index in [4.69, 9.17) is 24.3 Å². The molecule has 0 rings (SSSR count). The highest BCUT2D eigenvalue weighted by molar-refractivity contribution is 7.47. The van der Waals surface area contributed by atoms with Gasteiger partial charge >= 0.3 is 19.8 Å². The number of unbranched alkanes of at least 4 members (excludes halogenated alkanes) is 25. The summed E-state index contributed by atoms with van der Waals surface area (Å²) in [5.41, 5.74) is 5.38. The molecule has 0 aliphatic heterocycles. The van der Waals surface area contributed by atoms with E-state index in [1.807, 2.05) is 0 Å². The fourth-order valence-corrected chi connectivity index (χ4v) is 9.01. The maximum atomic E-state index is 12.7. The number of ether oxygens (including phenoxy) is 2. The number of rotatable bonds is 56. The molecule has 0 aromatic rings. The predicted molar refractivity (Wildman–Crippen MR) is 321 cm³/mol. The van der Waals surface area contributed by atoms with Crippen molar-refractivity contribution in [1.29, 1.82) is 0 Å². The van der Waals surface area contributed by atoms with E-state index in [0.29, 0.717) is 12.8 Å². The van der Waals surface area contributed by atoms with Crippen LogP contribution in [-0.2, 0) is 32.7 Å². The van der Waals surface area contributed by atoms with Gasteiger partial charge in [0, 0.05) is 19.4 Å². The lowest BCUT2D eigenvalue weighted by atomic mass is 10.0. The molecule has 0 aliphatic rings. The van der Waals surface area contributed by atoms with Crippen LogP contribution in [0.3, 0.4) is 0 Å². The zero-order valence-electron chi connectivity index (χ0n) is 48.0. The van der Waals surface area contributed by atoms with E-state index in [1.54, 1.807) is 0 Å². The topological polar surface area (TPSA) is 134 Å². The Morgan fingerprint density at radius 3 is 1.03 bits per heavy atom. The summed E-state index contributed by atoms with van der Waals surface area (Å²) in [4.78, 5) is 35.2. The van der Waals surface area contributed by atoms with Gasteiger partial charge in [-0.2, -0.15) is 0 Å². The van der Waals surface area contributed by atoms with Crippen molar-refractivity contribution in [2.24, 2.45) is 5.73 Å². The number of carbonyl (C=O) groups is 2. The Bertz CT molecular complexity index is 1590. The van der Waals surface area contributed by atoms with Gasteiger partial charge in [-0.15, -0.1) is 0 Å². The lowest BCUT2D eigenvalue weighted by Crippen LogP contribution is -2.29. The first-order chi connectivity index (χ1) is 36.8. The molecule has 0 fully saturated rings. The molecule has 0 aromatic heterocycles. The van der Waals surface area contributed by atoms with Crippen molar-refractivity contribution in [2.45, 2.75) is 264 Å². The van der Waals surface area contributed by atoms with Crippen molar-refractivity contribution in [2.75, 3.05) is 26.4 Å². The van der Waals surface area contributed by atoms with Crippen LogP contribution in [0.2, 0.25) is 0 Å². The molecule has 0 amide bonds. The van der Waals surface area contributed by atoms with E-state index >= 15 is 0 Å². The number of hydrogen-bond acceptors (Lipinski definition) is 8. The minimum absolute atomic E-state index is 0.0464. The summed E-state index contributed by atoms with van der Waals surface area (Å²) < 4.78 is 33.0. The second-order valence-electron chi connectivity index (χ2n) is 19.8. The molecule has 0 saturated carbocycles. The van der Waals surface area contributed by atoms with Gasteiger partial charge in [0.25, 0.3) is 0 Å². The monoisotopic (exact) mass is 1070 g/mol. The fourth-order valence-electron chi connectivity index (χ4n) is 8.24. The first-order valence-corrected chi connectivity index (χ1v) is 31.9. The maximum Gasteiger partial charge on any atom is 0.472 e. The normalized spacial score (nSPS) is 13.8. The summed E-state index contributed by atoms with van der Waals surface area (Å²) in [5.74, 6) is -0.853. The Labute approximate surface area is 460 Å². The lowest BCUT2D eigenvalue weighted by Gasteiger charge is -2.19. The Morgan fingerprint density at radius 2 is 0.693 bits per heavy atom. The molecule has 2 atom stereocenters. The van der Waals surface area contributed by atoms with Crippen LogP contribution < -0.4 is 5.73 Å². The highest BCUT2D eigenvalue weighted by Crippen LogP contribution is 2.43. The van der Waals surface area contributed by atoms with Crippen LogP contribution in [0.15, 0.2) is 109 Å². The van der Waals surface area contributed by atoms with E-state index in [2.05, 4.69) is 123 Å². The molecular formula is C65H112NO8P. The molecular weight excluding hydrogens is 954 g/mol. The second-order valence-corrected chi connectivity index (χ2v) is 21.3. The largest absolute Gasteiger partial charge is 0.472 e. The van der Waals surface area contributed by atoms with Gasteiger partial charge in [-0.25, -0.2) is 4.57 Å². The van der Waals surface area contributed by atoms with Crippen molar-refractivity contribution in [3.05, 3.63) is 109 Å². The number of hydrogen-bond donors (Lipinski definition) is 2.